The fourth-order valence-electron chi connectivity index (χ4n) is 1.07. The molecule has 1 rings (SSSR count). The Morgan fingerprint density at radius 3 is 2.75 bits per heavy atom. The van der Waals surface area contributed by atoms with Crippen LogP contribution in [0.15, 0.2) is 18.2 Å². The van der Waals surface area contributed by atoms with Gasteiger partial charge in [-0.05, 0) is 18.2 Å². The van der Waals surface area contributed by atoms with Crippen LogP contribution in [0.3, 0.4) is 0 Å². The zero-order valence-electron chi connectivity index (χ0n) is 8.49. The van der Waals surface area contributed by atoms with Crippen molar-refractivity contribution in [2.24, 2.45) is 0 Å². The second-order valence-corrected chi connectivity index (χ2v) is 4.40. The number of halogens is 1. The first kappa shape index (κ1) is 12.4. The molecule has 0 amide bonds. The number of anilines is 1. The lowest BCUT2D eigenvalue weighted by Crippen LogP contribution is -2.30. The minimum absolute atomic E-state index is 0.0462. The highest BCUT2D eigenvalue weighted by atomic mass is 32.2. The third-order valence-corrected chi connectivity index (χ3v) is 2.84. The molecule has 0 fully saturated rings. The average molecular weight is 243 g/mol. The van der Waals surface area contributed by atoms with Gasteiger partial charge in [-0.1, -0.05) is 6.92 Å². The van der Waals surface area contributed by atoms with Crippen LogP contribution in [0, 0.1) is 17.1 Å². The summed E-state index contributed by atoms with van der Waals surface area (Å²) in [4.78, 5) is 0. The van der Waals surface area contributed by atoms with Crippen molar-refractivity contribution in [2.75, 3.05) is 11.3 Å². The lowest BCUT2D eigenvalue weighted by molar-refractivity contribution is 0.589. The Balaban J connectivity index is 3.03. The van der Waals surface area contributed by atoms with E-state index in [2.05, 4.69) is 9.44 Å². The van der Waals surface area contributed by atoms with E-state index in [-0.39, 0.29) is 17.8 Å². The van der Waals surface area contributed by atoms with Crippen molar-refractivity contribution in [1.29, 1.82) is 5.26 Å². The Hall–Kier alpha value is -1.65. The van der Waals surface area contributed by atoms with Gasteiger partial charge in [0.15, 0.2) is 0 Å². The van der Waals surface area contributed by atoms with Gasteiger partial charge >= 0.3 is 0 Å². The van der Waals surface area contributed by atoms with Gasteiger partial charge in [0.2, 0.25) is 0 Å². The molecule has 0 aliphatic carbocycles. The molecule has 0 aliphatic rings. The molecule has 0 unspecified atom stereocenters. The van der Waals surface area contributed by atoms with Gasteiger partial charge in [0, 0.05) is 6.54 Å². The van der Waals surface area contributed by atoms with E-state index in [0.717, 1.165) is 12.1 Å². The van der Waals surface area contributed by atoms with Crippen LogP contribution in [0.2, 0.25) is 0 Å². The molecule has 0 heterocycles. The third-order valence-electron chi connectivity index (χ3n) is 1.68. The molecule has 0 saturated carbocycles. The van der Waals surface area contributed by atoms with Crippen LogP contribution in [0.5, 0.6) is 0 Å². The minimum atomic E-state index is -3.70. The Labute approximate surface area is 93.1 Å². The van der Waals surface area contributed by atoms with Crippen molar-refractivity contribution in [3.05, 3.63) is 29.6 Å². The molecule has 0 bridgehead atoms. The standard InChI is InChI=1S/C9H10FN3O2S/c1-2-12-16(14,15)13-9-4-3-8(10)5-7(9)6-11/h3-5,12-13H,2H2,1H3. The van der Waals surface area contributed by atoms with Crippen LogP contribution in [0.4, 0.5) is 10.1 Å². The number of rotatable bonds is 4. The highest BCUT2D eigenvalue weighted by molar-refractivity contribution is 7.90. The molecule has 86 valence electrons. The smallest absolute Gasteiger partial charge is 0.270 e. The number of hydrogen-bond acceptors (Lipinski definition) is 3. The van der Waals surface area contributed by atoms with Crippen LogP contribution >= 0.6 is 0 Å². The molecular weight excluding hydrogens is 233 g/mol. The summed E-state index contributed by atoms with van der Waals surface area (Å²) in [6.45, 7) is 1.84. The van der Waals surface area contributed by atoms with E-state index in [4.69, 9.17) is 5.26 Å². The number of hydrogen-bond donors (Lipinski definition) is 2. The van der Waals surface area contributed by atoms with E-state index in [1.165, 1.54) is 6.07 Å². The van der Waals surface area contributed by atoms with Gasteiger partial charge in [-0.2, -0.15) is 18.4 Å². The number of benzene rings is 1. The zero-order chi connectivity index (χ0) is 12.2. The predicted octanol–water partition coefficient (Wildman–Crippen LogP) is 0.964. The van der Waals surface area contributed by atoms with Crippen molar-refractivity contribution >= 4 is 15.9 Å². The molecule has 1 aromatic carbocycles. The molecule has 2 N–H and O–H groups in total. The predicted molar refractivity (Wildman–Crippen MR) is 57.3 cm³/mol. The van der Waals surface area contributed by atoms with Gasteiger partial charge in [-0.3, -0.25) is 4.72 Å². The molecule has 0 aromatic heterocycles. The maximum atomic E-state index is 12.8. The molecule has 1 aromatic rings. The molecular formula is C9H10FN3O2S. The first-order valence-electron chi connectivity index (χ1n) is 4.45. The number of nitriles is 1. The molecule has 7 heteroatoms. The van der Waals surface area contributed by atoms with E-state index >= 15 is 0 Å². The topological polar surface area (TPSA) is 82.0 Å². The van der Waals surface area contributed by atoms with Gasteiger partial charge in [-0.25, -0.2) is 4.39 Å². The SMILES string of the molecule is CCNS(=O)(=O)Nc1ccc(F)cc1C#N. The molecule has 16 heavy (non-hydrogen) atoms. The molecule has 5 nitrogen and oxygen atoms in total. The Morgan fingerprint density at radius 1 is 1.50 bits per heavy atom. The summed E-state index contributed by atoms with van der Waals surface area (Å²) in [5, 5.41) is 8.70. The normalized spacial score (nSPS) is 10.8. The van der Waals surface area contributed by atoms with E-state index in [0.29, 0.717) is 0 Å². The zero-order valence-corrected chi connectivity index (χ0v) is 9.31. The van der Waals surface area contributed by atoms with Crippen LogP contribution in [-0.2, 0) is 10.2 Å². The number of nitrogens with zero attached hydrogens (tertiary/aromatic N) is 1. The van der Waals surface area contributed by atoms with Crippen molar-refractivity contribution < 1.29 is 12.8 Å². The molecule has 0 saturated heterocycles. The third kappa shape index (κ3) is 3.18. The fourth-order valence-corrected chi connectivity index (χ4v) is 1.99. The number of nitrogens with one attached hydrogen (secondary N) is 2. The van der Waals surface area contributed by atoms with Crippen LogP contribution in [0.1, 0.15) is 12.5 Å². The van der Waals surface area contributed by atoms with E-state index in [9.17, 15) is 12.8 Å². The molecule has 0 atom stereocenters. The van der Waals surface area contributed by atoms with E-state index in [1.807, 2.05) is 0 Å². The van der Waals surface area contributed by atoms with Crippen molar-refractivity contribution in [3.63, 3.8) is 0 Å². The molecule has 0 radical (unpaired) electrons. The lowest BCUT2D eigenvalue weighted by Gasteiger charge is -2.08. The van der Waals surface area contributed by atoms with Crippen molar-refractivity contribution in [3.8, 4) is 6.07 Å². The van der Waals surface area contributed by atoms with Crippen LogP contribution in [0.25, 0.3) is 0 Å². The average Bonchev–Trinajstić information content (AvgIpc) is 2.20. The second kappa shape index (κ2) is 4.92. The summed E-state index contributed by atoms with van der Waals surface area (Å²) < 4.78 is 39.8. The summed E-state index contributed by atoms with van der Waals surface area (Å²) in [7, 11) is -3.70. The fraction of sp³-hybridized carbons (Fsp3) is 0.222. The van der Waals surface area contributed by atoms with Gasteiger partial charge in [0.25, 0.3) is 10.2 Å². The van der Waals surface area contributed by atoms with Crippen LogP contribution in [-0.4, -0.2) is 15.0 Å². The quantitative estimate of drug-likeness (QED) is 0.826. The molecule has 0 spiro atoms. The second-order valence-electron chi connectivity index (χ2n) is 2.91. The first-order valence-corrected chi connectivity index (χ1v) is 5.94. The summed E-state index contributed by atoms with van der Waals surface area (Å²) in [5.41, 5.74) is -0.0219. The highest BCUT2D eigenvalue weighted by Gasteiger charge is 2.11. The largest absolute Gasteiger partial charge is 0.299 e. The van der Waals surface area contributed by atoms with E-state index in [1.54, 1.807) is 13.0 Å². The monoisotopic (exact) mass is 243 g/mol. The minimum Gasteiger partial charge on any atom is -0.270 e. The van der Waals surface area contributed by atoms with Gasteiger partial charge in [0.1, 0.15) is 11.9 Å². The maximum Gasteiger partial charge on any atom is 0.299 e. The highest BCUT2D eigenvalue weighted by Crippen LogP contribution is 2.16. The molecule has 0 aliphatic heterocycles. The summed E-state index contributed by atoms with van der Waals surface area (Å²) in [6.07, 6.45) is 0. The summed E-state index contributed by atoms with van der Waals surface area (Å²) >= 11 is 0. The van der Waals surface area contributed by atoms with Crippen LogP contribution < -0.4 is 9.44 Å². The lowest BCUT2D eigenvalue weighted by atomic mass is 10.2. The Kier molecular flexibility index (Phi) is 3.82. The van der Waals surface area contributed by atoms with Gasteiger partial charge < -0.3 is 0 Å². The Bertz CT molecular complexity index is 522. The van der Waals surface area contributed by atoms with Gasteiger partial charge in [0.05, 0.1) is 11.3 Å². The van der Waals surface area contributed by atoms with Gasteiger partial charge in [-0.15, -0.1) is 0 Å². The van der Waals surface area contributed by atoms with Crippen molar-refractivity contribution in [1.82, 2.24) is 4.72 Å². The van der Waals surface area contributed by atoms with Crippen molar-refractivity contribution in [2.45, 2.75) is 6.92 Å². The van der Waals surface area contributed by atoms with E-state index < -0.39 is 16.0 Å². The summed E-state index contributed by atoms with van der Waals surface area (Å²) in [5.74, 6) is -0.594. The first-order chi connectivity index (χ1) is 7.48. The Morgan fingerprint density at radius 2 is 2.19 bits per heavy atom. The maximum absolute atomic E-state index is 12.8. The summed E-state index contributed by atoms with van der Waals surface area (Å²) in [6, 6.07) is 4.94.